The molecule has 1 unspecified atom stereocenters. The Labute approximate surface area is 221 Å². The van der Waals surface area contributed by atoms with Crippen molar-refractivity contribution in [3.63, 3.8) is 0 Å². The average Bonchev–Trinajstić information content (AvgIpc) is 2.98. The van der Waals surface area contributed by atoms with E-state index < -0.39 is 15.2 Å². The van der Waals surface area contributed by atoms with Crippen molar-refractivity contribution in [1.82, 2.24) is 30.2 Å². The maximum atomic E-state index is 13.3. The van der Waals surface area contributed by atoms with E-state index in [4.69, 9.17) is 0 Å². The summed E-state index contributed by atoms with van der Waals surface area (Å²) in [7, 11) is -3.72. The minimum atomic E-state index is -3.72. The first-order valence-corrected chi connectivity index (χ1v) is 13.8. The maximum absolute atomic E-state index is 13.3. The summed E-state index contributed by atoms with van der Waals surface area (Å²) in [5.74, 6) is 0.730. The van der Waals surface area contributed by atoms with Gasteiger partial charge < -0.3 is 15.5 Å². The van der Waals surface area contributed by atoms with Gasteiger partial charge in [-0.05, 0) is 36.4 Å². The molecule has 0 bridgehead atoms. The molecule has 0 radical (unpaired) electrons. The number of hydrogen-bond donors (Lipinski definition) is 2. The Bertz CT molecular complexity index is 1430. The van der Waals surface area contributed by atoms with Crippen molar-refractivity contribution < 1.29 is 13.2 Å². The molecule has 10 nitrogen and oxygen atoms in total. The summed E-state index contributed by atoms with van der Waals surface area (Å²) in [5.41, 5.74) is 2.10. The molecule has 4 aromatic rings. The third-order valence-electron chi connectivity index (χ3n) is 6.17. The van der Waals surface area contributed by atoms with E-state index in [2.05, 4.69) is 30.6 Å². The summed E-state index contributed by atoms with van der Waals surface area (Å²) in [6.45, 7) is 1.31. The number of anilines is 1. The molecular formula is C27H27N7O3S. The van der Waals surface area contributed by atoms with Crippen LogP contribution in [0.3, 0.4) is 0 Å². The van der Waals surface area contributed by atoms with E-state index in [1.165, 1.54) is 4.90 Å². The van der Waals surface area contributed by atoms with Gasteiger partial charge in [0.1, 0.15) is 11.5 Å². The normalized spacial score (nSPS) is 15.7. The lowest BCUT2D eigenvalue weighted by Crippen LogP contribution is -2.57. The van der Waals surface area contributed by atoms with Gasteiger partial charge in [-0.3, -0.25) is 14.8 Å². The first kappa shape index (κ1) is 25.4. The van der Waals surface area contributed by atoms with Gasteiger partial charge in [0.2, 0.25) is 15.7 Å². The molecule has 1 saturated heterocycles. The lowest BCUT2D eigenvalue weighted by Gasteiger charge is -2.35. The van der Waals surface area contributed by atoms with Gasteiger partial charge in [-0.2, -0.15) is 0 Å². The van der Waals surface area contributed by atoms with Crippen molar-refractivity contribution in [1.29, 1.82) is 0 Å². The van der Waals surface area contributed by atoms with Crippen LogP contribution in [0.25, 0.3) is 22.8 Å². The summed E-state index contributed by atoms with van der Waals surface area (Å²) in [4.78, 5) is 32.6. The van der Waals surface area contributed by atoms with Crippen molar-refractivity contribution in [2.75, 3.05) is 31.5 Å². The van der Waals surface area contributed by atoms with E-state index in [0.717, 1.165) is 5.56 Å². The van der Waals surface area contributed by atoms with Crippen LogP contribution in [0.4, 0.5) is 5.82 Å². The Balaban J connectivity index is 1.32. The van der Waals surface area contributed by atoms with Crippen molar-refractivity contribution in [3.8, 4) is 22.8 Å². The maximum Gasteiger partial charge on any atom is 0.225 e. The standard InChI is InChI=1S/C27H27N7O3S/c35-25(34-16-15-29-19-26(34)38(36,37)21-8-2-1-3-9-21)11-14-31-24-17-23(20-7-6-12-28-18-20)32-27(33-24)22-10-4-5-13-30-22/h1-10,12-13,17-18,26,29H,11,14-16,19H2,(H,31,32,33). The van der Waals surface area contributed by atoms with E-state index >= 15 is 0 Å². The topological polar surface area (TPSA) is 130 Å². The van der Waals surface area contributed by atoms with Gasteiger partial charge in [-0.25, -0.2) is 18.4 Å². The molecule has 5 rings (SSSR count). The molecule has 1 amide bonds. The number of piperazine rings is 1. The van der Waals surface area contributed by atoms with Gasteiger partial charge >= 0.3 is 0 Å². The Hall–Kier alpha value is -4.22. The van der Waals surface area contributed by atoms with Gasteiger partial charge in [0, 0.05) is 62.8 Å². The van der Waals surface area contributed by atoms with Crippen molar-refractivity contribution in [2.24, 2.45) is 0 Å². The Morgan fingerprint density at radius 3 is 2.61 bits per heavy atom. The molecule has 1 atom stereocenters. The number of benzene rings is 1. The van der Waals surface area contributed by atoms with Crippen LogP contribution in [0.1, 0.15) is 6.42 Å². The van der Waals surface area contributed by atoms with Gasteiger partial charge in [0.15, 0.2) is 11.2 Å². The highest BCUT2D eigenvalue weighted by Gasteiger charge is 2.37. The summed E-state index contributed by atoms with van der Waals surface area (Å²) in [6.07, 6.45) is 5.19. The Morgan fingerprint density at radius 2 is 1.84 bits per heavy atom. The van der Waals surface area contributed by atoms with Gasteiger partial charge in [0.25, 0.3) is 0 Å². The quantitative estimate of drug-likeness (QED) is 0.354. The zero-order chi connectivity index (χ0) is 26.4. The van der Waals surface area contributed by atoms with Crippen LogP contribution in [0.5, 0.6) is 0 Å². The second kappa shape index (κ2) is 11.4. The fourth-order valence-corrected chi connectivity index (χ4v) is 6.01. The molecule has 1 aliphatic heterocycles. The zero-order valence-electron chi connectivity index (χ0n) is 20.6. The van der Waals surface area contributed by atoms with Crippen LogP contribution < -0.4 is 10.6 Å². The molecule has 0 spiro atoms. The second-order valence-electron chi connectivity index (χ2n) is 8.70. The van der Waals surface area contributed by atoms with Crippen LogP contribution >= 0.6 is 0 Å². The number of sulfone groups is 1. The van der Waals surface area contributed by atoms with Crippen LogP contribution in [-0.2, 0) is 14.6 Å². The zero-order valence-corrected chi connectivity index (χ0v) is 21.4. The van der Waals surface area contributed by atoms with Crippen LogP contribution in [0.2, 0.25) is 0 Å². The number of hydrogen-bond acceptors (Lipinski definition) is 9. The molecule has 194 valence electrons. The smallest absolute Gasteiger partial charge is 0.225 e. The fraction of sp³-hybridized carbons (Fsp3) is 0.222. The van der Waals surface area contributed by atoms with Crippen LogP contribution in [0.15, 0.2) is 90.2 Å². The molecule has 1 aliphatic rings. The molecule has 1 fully saturated rings. The number of amides is 1. The molecule has 11 heteroatoms. The number of pyridine rings is 2. The SMILES string of the molecule is O=C(CCNc1cc(-c2cccnc2)nc(-c2ccccn2)n1)N1CCNCC1S(=O)(=O)c1ccccc1. The first-order valence-electron chi connectivity index (χ1n) is 12.3. The number of carbonyl (C=O) groups is 1. The number of nitrogens with one attached hydrogen (secondary N) is 2. The third kappa shape index (κ3) is 5.68. The fourth-order valence-electron chi connectivity index (χ4n) is 4.26. The van der Waals surface area contributed by atoms with Crippen molar-refractivity contribution in [2.45, 2.75) is 16.7 Å². The second-order valence-corrected chi connectivity index (χ2v) is 10.8. The number of carbonyl (C=O) groups excluding carboxylic acids is 1. The van der Waals surface area contributed by atoms with E-state index in [1.807, 2.05) is 30.3 Å². The summed E-state index contributed by atoms with van der Waals surface area (Å²) in [5, 5.41) is 5.35. The molecule has 4 heterocycles. The highest BCUT2D eigenvalue weighted by Crippen LogP contribution is 2.24. The van der Waals surface area contributed by atoms with Gasteiger partial charge in [-0.15, -0.1) is 0 Å². The van der Waals surface area contributed by atoms with E-state index in [9.17, 15) is 13.2 Å². The van der Waals surface area contributed by atoms with Gasteiger partial charge in [-0.1, -0.05) is 24.3 Å². The minimum absolute atomic E-state index is 0.103. The number of rotatable bonds is 8. The largest absolute Gasteiger partial charge is 0.369 e. The van der Waals surface area contributed by atoms with E-state index in [-0.39, 0.29) is 30.3 Å². The van der Waals surface area contributed by atoms with Crippen LogP contribution in [-0.4, -0.2) is 70.7 Å². The lowest BCUT2D eigenvalue weighted by atomic mass is 10.2. The molecule has 2 N–H and O–H groups in total. The average molecular weight is 530 g/mol. The van der Waals surface area contributed by atoms with E-state index in [0.29, 0.717) is 36.1 Å². The summed E-state index contributed by atoms with van der Waals surface area (Å²) in [6, 6.07) is 19.3. The Kier molecular flexibility index (Phi) is 7.66. The summed E-state index contributed by atoms with van der Waals surface area (Å²) < 4.78 is 26.5. The third-order valence-corrected chi connectivity index (χ3v) is 8.24. The minimum Gasteiger partial charge on any atom is -0.369 e. The monoisotopic (exact) mass is 529 g/mol. The van der Waals surface area contributed by atoms with E-state index in [1.54, 1.807) is 55.0 Å². The molecule has 38 heavy (non-hydrogen) atoms. The highest BCUT2D eigenvalue weighted by atomic mass is 32.2. The number of nitrogens with zero attached hydrogens (tertiary/aromatic N) is 5. The lowest BCUT2D eigenvalue weighted by molar-refractivity contribution is -0.132. The molecule has 0 saturated carbocycles. The van der Waals surface area contributed by atoms with Crippen molar-refractivity contribution >= 4 is 21.6 Å². The van der Waals surface area contributed by atoms with Gasteiger partial charge in [0.05, 0.1) is 10.6 Å². The molecule has 0 aliphatic carbocycles. The first-order chi connectivity index (χ1) is 18.5. The Morgan fingerprint density at radius 1 is 1.00 bits per heavy atom. The number of aromatic nitrogens is 4. The highest BCUT2D eigenvalue weighted by molar-refractivity contribution is 7.92. The van der Waals surface area contributed by atoms with Crippen LogP contribution in [0, 0.1) is 0 Å². The summed E-state index contributed by atoms with van der Waals surface area (Å²) >= 11 is 0. The predicted molar refractivity (Wildman–Crippen MR) is 144 cm³/mol. The molecule has 1 aromatic carbocycles. The predicted octanol–water partition coefficient (Wildman–Crippen LogP) is 2.63. The van der Waals surface area contributed by atoms with Crippen molar-refractivity contribution in [3.05, 3.63) is 85.3 Å². The molecule has 3 aromatic heterocycles. The molecular weight excluding hydrogens is 502 g/mol.